The zero-order chi connectivity index (χ0) is 36.2. The number of nitrogens with zero attached hydrogens (tertiary/aromatic N) is 3. The number of rotatable bonds is 19. The number of likely N-dealkylation sites (N-methyl/N-ethyl adjacent to an activating group) is 1. The third-order valence-electron chi connectivity index (χ3n) is 5.97. The van der Waals surface area contributed by atoms with Crippen molar-refractivity contribution in [2.75, 3.05) is 63.7 Å². The highest BCUT2D eigenvalue weighted by Gasteiger charge is 2.16. The lowest BCUT2D eigenvalue weighted by Crippen LogP contribution is -2.25. The van der Waals surface area contributed by atoms with Crippen molar-refractivity contribution in [2.24, 2.45) is 5.73 Å². The van der Waals surface area contributed by atoms with Gasteiger partial charge in [-0.2, -0.15) is 4.98 Å². The van der Waals surface area contributed by atoms with Gasteiger partial charge in [-0.05, 0) is 92.1 Å². The molecule has 0 spiro atoms. The summed E-state index contributed by atoms with van der Waals surface area (Å²) >= 11 is 4.86. The Balaban J connectivity index is 0.00000409. The van der Waals surface area contributed by atoms with Crippen LogP contribution in [-0.4, -0.2) is 85.5 Å². The first-order valence-corrected chi connectivity index (χ1v) is 17.4. The Hall–Kier alpha value is -3.60. The predicted octanol–water partition coefficient (Wildman–Crippen LogP) is 6.45. The molecule has 12 nitrogen and oxygen atoms in total. The third-order valence-corrected chi connectivity index (χ3v) is 7.41. The summed E-state index contributed by atoms with van der Waals surface area (Å²) in [5.74, 6) is -1.33. The van der Waals surface area contributed by atoms with Crippen LogP contribution in [-0.2, 0) is 19.0 Å². The molecule has 5 N–H and O–H groups in total. The number of nitrogens with one attached hydrogen (secondary N) is 3. The van der Waals surface area contributed by atoms with Gasteiger partial charge in [0.25, 0.3) is 5.91 Å². The molecule has 268 valence electrons. The normalized spacial score (nSPS) is 11.3. The smallest absolute Gasteiger partial charge is 0.330 e. The molecule has 3 rings (SSSR count). The topological polar surface area (TPSA) is 153 Å². The van der Waals surface area contributed by atoms with Crippen molar-refractivity contribution < 1.29 is 28.2 Å². The van der Waals surface area contributed by atoms with Crippen LogP contribution in [0, 0.1) is 5.82 Å². The first kappa shape index (κ1) is 41.6. The molecule has 0 saturated carbocycles. The molecule has 0 saturated heterocycles. The summed E-state index contributed by atoms with van der Waals surface area (Å²) in [7, 11) is 1.96. The number of benzene rings is 2. The van der Waals surface area contributed by atoms with Crippen LogP contribution in [0.25, 0.3) is 0 Å². The maximum absolute atomic E-state index is 14.2. The second kappa shape index (κ2) is 22.2. The molecule has 3 aromatic rings. The van der Waals surface area contributed by atoms with E-state index in [9.17, 15) is 14.0 Å². The molecule has 0 fully saturated rings. The van der Waals surface area contributed by atoms with Crippen LogP contribution in [0.4, 0.5) is 27.5 Å². The molecule has 1 heterocycles. The van der Waals surface area contributed by atoms with Gasteiger partial charge in [0, 0.05) is 42.5 Å². The van der Waals surface area contributed by atoms with Gasteiger partial charge in [0.15, 0.2) is 0 Å². The number of hydrogen-bond donors (Lipinski definition) is 4. The lowest BCUT2D eigenvalue weighted by Gasteiger charge is -2.18. The van der Waals surface area contributed by atoms with Crippen LogP contribution < -0.4 is 21.1 Å². The number of carbonyl (C=O) groups excluding carboxylic acids is 2. The van der Waals surface area contributed by atoms with Crippen molar-refractivity contribution in [3.8, 4) is 0 Å². The minimum Gasteiger partial charge on any atom is -0.457 e. The number of nitrogens with two attached hydrogens (primary N) is 1. The molecule has 2 aromatic carbocycles. The molecule has 0 aliphatic rings. The number of amides is 1. The molecule has 15 heteroatoms. The molecular formula is C34H47BrFN7O5S. The van der Waals surface area contributed by atoms with Crippen LogP contribution in [0.3, 0.4) is 0 Å². The number of halogens is 2. The predicted molar refractivity (Wildman–Crippen MR) is 197 cm³/mol. The standard InChI is InChI=1S/C32H41BrFN7O5S.C2H6/c1-32(2,3)46-27(42)9-6-15-41(4)16-18-45-20-19-44-17-14-37-47-23-12-10-22(11-13-23)38-31-36-21-24(33)30(40-31)39-26-8-5-7-25(34)28(26)29(35)43;1-2/h5-13,21,37H,14-20H2,1-4H3,(H2,35,43)(H2,36,38,39,40);1-2H3/b9-6+;. The maximum atomic E-state index is 14.2. The van der Waals surface area contributed by atoms with E-state index in [0.29, 0.717) is 55.8 Å². The quantitative estimate of drug-likeness (QED) is 0.0460. The fraction of sp³-hybridized carbons (Fsp3) is 0.412. The van der Waals surface area contributed by atoms with Crippen LogP contribution in [0.2, 0.25) is 0 Å². The van der Waals surface area contributed by atoms with E-state index in [1.807, 2.05) is 70.8 Å². The Morgan fingerprint density at radius 3 is 2.41 bits per heavy atom. The number of aromatic nitrogens is 2. The van der Waals surface area contributed by atoms with Crippen LogP contribution in [0.5, 0.6) is 0 Å². The van der Waals surface area contributed by atoms with Gasteiger partial charge in [0.2, 0.25) is 5.95 Å². The number of ether oxygens (including phenoxy) is 3. The van der Waals surface area contributed by atoms with Gasteiger partial charge in [-0.15, -0.1) is 0 Å². The molecule has 1 aromatic heterocycles. The van der Waals surface area contributed by atoms with Crippen LogP contribution in [0.1, 0.15) is 45.0 Å². The lowest BCUT2D eigenvalue weighted by molar-refractivity contribution is -0.148. The number of hydrogen-bond acceptors (Lipinski definition) is 12. The van der Waals surface area contributed by atoms with E-state index >= 15 is 0 Å². The molecule has 0 atom stereocenters. The molecule has 0 bridgehead atoms. The SMILES string of the molecule is CC.CN(C/C=C/C(=O)OC(C)(C)C)CCOCCOCCNSc1ccc(Nc2ncc(Br)c(Nc3cccc(F)c3C(N)=O)n2)cc1. The molecule has 49 heavy (non-hydrogen) atoms. The number of esters is 1. The number of carbonyl (C=O) groups is 2. The molecule has 0 aliphatic heterocycles. The van der Waals surface area contributed by atoms with Crippen molar-refractivity contribution in [1.82, 2.24) is 19.6 Å². The second-order valence-corrected chi connectivity index (χ2v) is 12.9. The highest BCUT2D eigenvalue weighted by atomic mass is 79.9. The van der Waals surface area contributed by atoms with Crippen molar-refractivity contribution in [2.45, 2.75) is 45.1 Å². The summed E-state index contributed by atoms with van der Waals surface area (Å²) in [4.78, 5) is 35.2. The Morgan fingerprint density at radius 2 is 1.73 bits per heavy atom. The summed E-state index contributed by atoms with van der Waals surface area (Å²) in [6.45, 7) is 13.6. The fourth-order valence-corrected chi connectivity index (χ4v) is 4.72. The van der Waals surface area contributed by atoms with E-state index in [-0.39, 0.29) is 17.2 Å². The molecule has 0 radical (unpaired) electrons. The van der Waals surface area contributed by atoms with E-state index in [1.165, 1.54) is 30.2 Å². The van der Waals surface area contributed by atoms with Gasteiger partial charge in [-0.1, -0.05) is 26.0 Å². The van der Waals surface area contributed by atoms with Gasteiger partial charge in [-0.3, -0.25) is 9.52 Å². The van der Waals surface area contributed by atoms with Crippen LogP contribution >= 0.6 is 27.9 Å². The van der Waals surface area contributed by atoms with Gasteiger partial charge in [0.1, 0.15) is 17.2 Å². The van der Waals surface area contributed by atoms with Crippen molar-refractivity contribution in [1.29, 1.82) is 0 Å². The largest absolute Gasteiger partial charge is 0.457 e. The molecular weight excluding hydrogens is 717 g/mol. The Bertz CT molecular complexity index is 1490. The van der Waals surface area contributed by atoms with E-state index in [4.69, 9.17) is 19.9 Å². The highest BCUT2D eigenvalue weighted by molar-refractivity contribution is 9.10. The highest BCUT2D eigenvalue weighted by Crippen LogP contribution is 2.28. The van der Waals surface area contributed by atoms with Gasteiger partial charge in [0.05, 0.1) is 42.2 Å². The third kappa shape index (κ3) is 16.6. The average Bonchev–Trinajstić information content (AvgIpc) is 3.04. The zero-order valence-corrected chi connectivity index (χ0v) is 31.3. The summed E-state index contributed by atoms with van der Waals surface area (Å²) in [5, 5.41) is 6.07. The summed E-state index contributed by atoms with van der Waals surface area (Å²) in [6, 6.07) is 11.9. The van der Waals surface area contributed by atoms with Gasteiger partial charge >= 0.3 is 5.97 Å². The van der Waals surface area contributed by atoms with E-state index in [2.05, 4.69) is 41.3 Å². The zero-order valence-electron chi connectivity index (χ0n) is 28.8. The average molecular weight is 765 g/mol. The molecule has 0 aliphatic carbocycles. The Labute approximate surface area is 301 Å². The van der Waals surface area contributed by atoms with E-state index < -0.39 is 17.3 Å². The van der Waals surface area contributed by atoms with Crippen LogP contribution in [0.15, 0.2) is 70.2 Å². The molecule has 1 amide bonds. The summed E-state index contributed by atoms with van der Waals surface area (Å²) < 4.78 is 34.4. The van der Waals surface area contributed by atoms with Gasteiger partial charge in [-0.25, -0.2) is 14.2 Å². The maximum Gasteiger partial charge on any atom is 0.330 e. The Kier molecular flexibility index (Phi) is 18.8. The molecule has 0 unspecified atom stereocenters. The van der Waals surface area contributed by atoms with E-state index in [0.717, 1.165) is 23.2 Å². The lowest BCUT2D eigenvalue weighted by atomic mass is 10.1. The van der Waals surface area contributed by atoms with Gasteiger partial charge < -0.3 is 35.5 Å². The van der Waals surface area contributed by atoms with E-state index in [1.54, 1.807) is 12.3 Å². The van der Waals surface area contributed by atoms with Crippen molar-refractivity contribution in [3.63, 3.8) is 0 Å². The monoisotopic (exact) mass is 763 g/mol. The first-order valence-electron chi connectivity index (χ1n) is 15.8. The fourth-order valence-electron chi connectivity index (χ4n) is 3.80. The second-order valence-electron chi connectivity index (χ2n) is 11.1. The number of anilines is 4. The first-order chi connectivity index (χ1) is 23.4. The number of primary amides is 1. The van der Waals surface area contributed by atoms with Crippen molar-refractivity contribution >= 4 is 62.9 Å². The minimum absolute atomic E-state index is 0.193. The summed E-state index contributed by atoms with van der Waals surface area (Å²) in [6.07, 6.45) is 4.77. The summed E-state index contributed by atoms with van der Waals surface area (Å²) in [5.41, 5.74) is 5.56. The Morgan fingerprint density at radius 1 is 1.04 bits per heavy atom. The minimum atomic E-state index is -0.890. The van der Waals surface area contributed by atoms with Crippen molar-refractivity contribution in [3.05, 3.63) is 76.7 Å².